The van der Waals surface area contributed by atoms with Gasteiger partial charge >= 0.3 is 0 Å². The van der Waals surface area contributed by atoms with Gasteiger partial charge in [0.05, 0.1) is 0 Å². The quantitative estimate of drug-likeness (QED) is 0.447. The minimum absolute atomic E-state index is 0.622. The van der Waals surface area contributed by atoms with E-state index in [4.69, 9.17) is 16.2 Å². The second-order valence-electron chi connectivity index (χ2n) is 2.52. The highest BCUT2D eigenvalue weighted by Gasteiger charge is 2.25. The molecule has 0 amide bonds. The Morgan fingerprint density at radius 3 is 2.22 bits per heavy atom. The van der Waals surface area contributed by atoms with E-state index in [0.29, 0.717) is 6.17 Å². The Morgan fingerprint density at radius 2 is 2.11 bits per heavy atom. The van der Waals surface area contributed by atoms with Gasteiger partial charge in [0, 0.05) is 6.17 Å². The summed E-state index contributed by atoms with van der Waals surface area (Å²) >= 11 is 0. The second kappa shape index (κ2) is 4.00. The van der Waals surface area contributed by atoms with E-state index in [9.17, 15) is 0 Å². The Morgan fingerprint density at radius 1 is 1.56 bits per heavy atom. The lowest BCUT2D eigenvalue weighted by Crippen LogP contribution is -2.45. The molecular formula is C5H16N2OSi. The molecule has 0 saturated heterocycles. The number of hydrogen-bond acceptors (Lipinski definition) is 3. The molecule has 0 aliphatic rings. The average Bonchev–Trinajstić information content (AvgIpc) is 1.89. The van der Waals surface area contributed by atoms with Crippen LogP contribution in [0.5, 0.6) is 0 Å². The van der Waals surface area contributed by atoms with Crippen LogP contribution in [-0.4, -0.2) is 14.5 Å². The smallest absolute Gasteiger partial charge is 0.230 e. The van der Waals surface area contributed by atoms with Crippen LogP contribution in [0, 0.1) is 0 Å². The van der Waals surface area contributed by atoms with Crippen molar-refractivity contribution in [3.05, 3.63) is 0 Å². The Bertz CT molecular complexity index is 75.4. The van der Waals surface area contributed by atoms with Gasteiger partial charge in [0.1, 0.15) is 0 Å². The first-order valence-corrected chi connectivity index (χ1v) is 6.08. The molecule has 4 N–H and O–H groups in total. The molecule has 0 aromatic carbocycles. The highest BCUT2D eigenvalue weighted by atomic mass is 28.4. The zero-order valence-corrected chi connectivity index (χ0v) is 7.18. The van der Waals surface area contributed by atoms with Gasteiger partial charge in [-0.1, -0.05) is 13.3 Å². The summed E-state index contributed by atoms with van der Waals surface area (Å²) in [6.07, 6.45) is 1.73. The van der Waals surface area contributed by atoms with E-state index in [1.165, 1.54) is 0 Å². The topological polar surface area (TPSA) is 61.3 Å². The average molecular weight is 148 g/mol. The van der Waals surface area contributed by atoms with Gasteiger partial charge in [0.2, 0.25) is 8.32 Å². The molecule has 1 unspecified atom stereocenters. The molecule has 0 spiro atoms. The number of rotatable bonds is 4. The second-order valence-corrected chi connectivity index (χ2v) is 6.57. The van der Waals surface area contributed by atoms with E-state index in [0.717, 1.165) is 12.5 Å². The van der Waals surface area contributed by atoms with E-state index < -0.39 is 8.32 Å². The summed E-state index contributed by atoms with van der Waals surface area (Å²) in [6, 6.07) is 1.06. The largest absolute Gasteiger partial charge is 0.347 e. The van der Waals surface area contributed by atoms with Crippen molar-refractivity contribution in [1.82, 2.24) is 0 Å². The first-order chi connectivity index (χ1) is 4.18. The Kier molecular flexibility index (Phi) is 4.04. The molecule has 3 nitrogen and oxygen atoms in total. The predicted molar refractivity (Wildman–Crippen MR) is 41.0 cm³/mol. The van der Waals surface area contributed by atoms with Gasteiger partial charge < -0.3 is 10.3 Å². The van der Waals surface area contributed by atoms with Crippen LogP contribution in [0.3, 0.4) is 0 Å². The van der Waals surface area contributed by atoms with Crippen LogP contribution in [0.15, 0.2) is 0 Å². The molecule has 1 atom stereocenters. The molecular weight excluding hydrogens is 132 g/mol. The molecule has 0 heterocycles. The van der Waals surface area contributed by atoms with Crippen LogP contribution in [0.4, 0.5) is 0 Å². The highest BCUT2D eigenvalue weighted by molar-refractivity contribution is 6.72. The lowest BCUT2D eigenvalue weighted by atomic mass is 10.6. The Labute approximate surface area is 57.5 Å². The lowest BCUT2D eigenvalue weighted by molar-refractivity contribution is 0.317. The molecule has 0 rings (SSSR count). The molecule has 0 aliphatic heterocycles. The van der Waals surface area contributed by atoms with Crippen molar-refractivity contribution in [3.63, 3.8) is 0 Å². The van der Waals surface area contributed by atoms with Crippen LogP contribution in [0.1, 0.15) is 13.3 Å². The minimum atomic E-state index is -1.64. The fourth-order valence-electron chi connectivity index (χ4n) is 0.738. The summed E-state index contributed by atoms with van der Waals surface area (Å²) in [4.78, 5) is 0. The molecule has 0 radical (unpaired) electrons. The van der Waals surface area contributed by atoms with Crippen molar-refractivity contribution in [2.75, 3.05) is 6.17 Å². The molecule has 0 aliphatic carbocycles. The molecule has 9 heavy (non-hydrogen) atoms. The maximum Gasteiger partial charge on any atom is 0.230 e. The number of hydrogen-bond donors (Lipinski definition) is 2. The summed E-state index contributed by atoms with van der Waals surface area (Å²) in [5.41, 5.74) is 5.46. The van der Waals surface area contributed by atoms with Crippen LogP contribution < -0.4 is 11.6 Å². The van der Waals surface area contributed by atoms with E-state index >= 15 is 0 Å². The van der Waals surface area contributed by atoms with Crippen molar-refractivity contribution < 1.29 is 4.53 Å². The van der Waals surface area contributed by atoms with E-state index in [1.54, 1.807) is 0 Å². The normalized spacial score (nSPS) is 17.3. The van der Waals surface area contributed by atoms with Crippen molar-refractivity contribution >= 4 is 8.32 Å². The van der Waals surface area contributed by atoms with Gasteiger partial charge in [-0.25, -0.2) is 5.90 Å². The molecule has 56 valence electrons. The lowest BCUT2D eigenvalue weighted by Gasteiger charge is -2.20. The van der Waals surface area contributed by atoms with Crippen LogP contribution in [0.25, 0.3) is 0 Å². The maximum atomic E-state index is 5.46. The third kappa shape index (κ3) is 2.95. The third-order valence-electron chi connectivity index (χ3n) is 1.50. The van der Waals surface area contributed by atoms with Crippen molar-refractivity contribution in [2.45, 2.75) is 25.9 Å². The molecule has 0 saturated carbocycles. The van der Waals surface area contributed by atoms with Crippen molar-refractivity contribution in [1.29, 1.82) is 0 Å². The monoisotopic (exact) mass is 148 g/mol. The first kappa shape index (κ1) is 9.10. The van der Waals surface area contributed by atoms with Gasteiger partial charge in [-0.2, -0.15) is 0 Å². The predicted octanol–water partition coefficient (Wildman–Crippen LogP) is 0.360. The van der Waals surface area contributed by atoms with Crippen LogP contribution in [-0.2, 0) is 4.53 Å². The van der Waals surface area contributed by atoms with Crippen molar-refractivity contribution in [3.8, 4) is 0 Å². The van der Waals surface area contributed by atoms with Gasteiger partial charge in [-0.15, -0.1) is 0 Å². The summed E-state index contributed by atoms with van der Waals surface area (Å²) in [6.45, 7) is 4.16. The summed E-state index contributed by atoms with van der Waals surface area (Å²) in [7, 11) is -1.64. The summed E-state index contributed by atoms with van der Waals surface area (Å²) in [5, 5.41) is 0. The van der Waals surface area contributed by atoms with E-state index in [-0.39, 0.29) is 0 Å². The van der Waals surface area contributed by atoms with Gasteiger partial charge in [-0.3, -0.25) is 0 Å². The first-order valence-electron chi connectivity index (χ1n) is 3.26. The SMILES string of the molecule is CCC[Si](C)(CN)ON. The molecule has 0 aromatic heterocycles. The Hall–Kier alpha value is 0.0969. The zero-order chi connectivity index (χ0) is 7.33. The fourth-order valence-corrected chi connectivity index (χ4v) is 2.21. The maximum absolute atomic E-state index is 5.46. The van der Waals surface area contributed by atoms with E-state index in [2.05, 4.69) is 13.5 Å². The highest BCUT2D eigenvalue weighted by Crippen LogP contribution is 2.08. The number of nitrogens with two attached hydrogens (primary N) is 2. The fraction of sp³-hybridized carbons (Fsp3) is 1.00. The Balaban J connectivity index is 3.62. The van der Waals surface area contributed by atoms with Gasteiger partial charge in [-0.05, 0) is 12.6 Å². The molecule has 0 bridgehead atoms. The van der Waals surface area contributed by atoms with Gasteiger partial charge in [0.25, 0.3) is 0 Å². The molecule has 0 fully saturated rings. The third-order valence-corrected chi connectivity index (χ3v) is 4.49. The minimum Gasteiger partial charge on any atom is -0.347 e. The summed E-state index contributed by atoms with van der Waals surface area (Å²) < 4.78 is 4.84. The summed E-state index contributed by atoms with van der Waals surface area (Å²) in [5.74, 6) is 5.09. The zero-order valence-electron chi connectivity index (χ0n) is 6.18. The standard InChI is InChI=1S/C5H16N2OSi/c1-3-4-9(2,5-6)8-7/h3-7H2,1-2H3. The van der Waals surface area contributed by atoms with Crippen LogP contribution in [0.2, 0.25) is 12.6 Å². The molecule has 4 heteroatoms. The van der Waals surface area contributed by atoms with Crippen molar-refractivity contribution in [2.24, 2.45) is 11.6 Å². The van der Waals surface area contributed by atoms with E-state index in [1.807, 2.05) is 0 Å². The van der Waals surface area contributed by atoms with Crippen LogP contribution >= 0.6 is 0 Å². The van der Waals surface area contributed by atoms with Gasteiger partial charge in [0.15, 0.2) is 0 Å². The molecule has 0 aromatic rings.